The largest absolute Gasteiger partial charge is 0.507 e. The number of rotatable bonds is 6. The second-order valence-electron chi connectivity index (χ2n) is 6.30. The van der Waals surface area contributed by atoms with Crippen LogP contribution >= 0.6 is 74.0 Å². The summed E-state index contributed by atoms with van der Waals surface area (Å²) in [5, 5.41) is 20.9. The van der Waals surface area contributed by atoms with E-state index >= 15 is 0 Å². The number of benzene rings is 2. The molecule has 0 aliphatic carbocycles. The maximum Gasteiger partial charge on any atom is 0.123 e. The SMILES string of the molecule is Oc1c(CS)cc(C2CSC(c3cc(CS)c(O)c(CS)c3)S2)cc1CS. The number of thioether (sulfide) groups is 2. The van der Waals surface area contributed by atoms with Crippen LogP contribution in [0.1, 0.15) is 43.2 Å². The van der Waals surface area contributed by atoms with E-state index < -0.39 is 0 Å². The summed E-state index contributed by atoms with van der Waals surface area (Å²) in [4.78, 5) is 0. The van der Waals surface area contributed by atoms with Crippen LogP contribution in [0.25, 0.3) is 0 Å². The van der Waals surface area contributed by atoms with Crippen LogP contribution in [0.2, 0.25) is 0 Å². The van der Waals surface area contributed by atoms with Gasteiger partial charge in [-0.05, 0) is 23.3 Å². The van der Waals surface area contributed by atoms with E-state index in [2.05, 4.69) is 74.8 Å². The number of hydrogen-bond acceptors (Lipinski definition) is 8. The molecule has 146 valence electrons. The molecule has 2 atom stereocenters. The number of thiol groups is 4. The van der Waals surface area contributed by atoms with Crippen LogP contribution in [0.5, 0.6) is 11.5 Å². The average Bonchev–Trinajstić information content (AvgIpc) is 3.18. The molecule has 2 N–H and O–H groups in total. The lowest BCUT2D eigenvalue weighted by Gasteiger charge is -2.17. The van der Waals surface area contributed by atoms with E-state index in [1.807, 2.05) is 23.5 Å². The van der Waals surface area contributed by atoms with E-state index in [-0.39, 0.29) is 0 Å². The normalized spacial score (nSPS) is 19.6. The topological polar surface area (TPSA) is 40.5 Å². The van der Waals surface area contributed by atoms with Crippen molar-refractivity contribution in [2.24, 2.45) is 0 Å². The van der Waals surface area contributed by atoms with Crippen LogP contribution in [0.4, 0.5) is 0 Å². The summed E-state index contributed by atoms with van der Waals surface area (Å²) in [6.07, 6.45) is 0. The summed E-state index contributed by atoms with van der Waals surface area (Å²) in [5.74, 6) is 3.62. The van der Waals surface area contributed by atoms with Gasteiger partial charge < -0.3 is 10.2 Å². The highest BCUT2D eigenvalue weighted by molar-refractivity contribution is 8.19. The maximum absolute atomic E-state index is 10.3. The Hall–Kier alpha value is 0.140. The van der Waals surface area contributed by atoms with Gasteiger partial charge in [0, 0.05) is 56.3 Å². The predicted molar refractivity (Wildman–Crippen MR) is 133 cm³/mol. The molecular formula is C19H22O2S6. The lowest BCUT2D eigenvalue weighted by atomic mass is 10.0. The van der Waals surface area contributed by atoms with Crippen molar-refractivity contribution in [2.75, 3.05) is 5.75 Å². The van der Waals surface area contributed by atoms with Crippen molar-refractivity contribution in [1.82, 2.24) is 0 Å². The minimum absolute atomic E-state index is 0.292. The smallest absolute Gasteiger partial charge is 0.123 e. The highest BCUT2D eigenvalue weighted by Crippen LogP contribution is 2.56. The van der Waals surface area contributed by atoms with Gasteiger partial charge in [0.1, 0.15) is 11.5 Å². The van der Waals surface area contributed by atoms with E-state index in [1.54, 1.807) is 0 Å². The van der Waals surface area contributed by atoms with Gasteiger partial charge in [0.25, 0.3) is 0 Å². The summed E-state index contributed by atoms with van der Waals surface area (Å²) in [5.41, 5.74) is 5.82. The molecule has 1 aliphatic heterocycles. The fourth-order valence-electron chi connectivity index (χ4n) is 3.13. The summed E-state index contributed by atoms with van der Waals surface area (Å²) in [7, 11) is 0. The van der Waals surface area contributed by atoms with Crippen molar-refractivity contribution >= 4 is 74.0 Å². The second kappa shape index (κ2) is 9.76. The van der Waals surface area contributed by atoms with E-state index in [9.17, 15) is 10.2 Å². The molecule has 2 unspecified atom stereocenters. The Morgan fingerprint density at radius 2 is 1.15 bits per heavy atom. The number of phenolic OH excluding ortho intramolecular Hbond substituents is 2. The molecular weight excluding hydrogens is 453 g/mol. The highest BCUT2D eigenvalue weighted by Gasteiger charge is 2.30. The van der Waals surface area contributed by atoms with Crippen LogP contribution < -0.4 is 0 Å². The van der Waals surface area contributed by atoms with E-state index in [0.29, 0.717) is 44.3 Å². The second-order valence-corrected chi connectivity index (χ2v) is 10.3. The first-order chi connectivity index (χ1) is 13.0. The Morgan fingerprint density at radius 3 is 1.56 bits per heavy atom. The summed E-state index contributed by atoms with van der Waals surface area (Å²) in [6.45, 7) is 0. The molecule has 0 radical (unpaired) electrons. The number of aromatic hydroxyl groups is 2. The first kappa shape index (κ1) is 21.8. The van der Waals surface area contributed by atoms with Crippen molar-refractivity contribution in [1.29, 1.82) is 0 Å². The Kier molecular flexibility index (Phi) is 7.90. The zero-order valence-corrected chi connectivity index (χ0v) is 19.7. The van der Waals surface area contributed by atoms with Crippen molar-refractivity contribution in [3.05, 3.63) is 57.6 Å². The predicted octanol–water partition coefficient (Wildman–Crippen LogP) is 6.04. The molecule has 27 heavy (non-hydrogen) atoms. The van der Waals surface area contributed by atoms with Crippen LogP contribution in [-0.2, 0) is 23.0 Å². The van der Waals surface area contributed by atoms with E-state index in [1.165, 1.54) is 11.1 Å². The van der Waals surface area contributed by atoms with Gasteiger partial charge >= 0.3 is 0 Å². The van der Waals surface area contributed by atoms with Gasteiger partial charge in [0.05, 0.1) is 4.58 Å². The Balaban J connectivity index is 1.88. The third kappa shape index (κ3) is 4.67. The lowest BCUT2D eigenvalue weighted by molar-refractivity contribution is 0.465. The monoisotopic (exact) mass is 474 g/mol. The zero-order chi connectivity index (χ0) is 19.6. The molecule has 1 fully saturated rings. The lowest BCUT2D eigenvalue weighted by Crippen LogP contribution is -1.97. The van der Waals surface area contributed by atoms with Gasteiger partial charge in [0.2, 0.25) is 0 Å². The third-order valence-corrected chi connectivity index (χ3v) is 9.30. The molecule has 8 heteroatoms. The number of phenols is 2. The van der Waals surface area contributed by atoms with Gasteiger partial charge in [-0.25, -0.2) is 0 Å². The molecule has 0 saturated carbocycles. The van der Waals surface area contributed by atoms with Crippen LogP contribution in [0.15, 0.2) is 24.3 Å². The average molecular weight is 475 g/mol. The minimum atomic E-state index is 0.292. The highest BCUT2D eigenvalue weighted by atomic mass is 32.2. The van der Waals surface area contributed by atoms with E-state index in [4.69, 9.17) is 0 Å². The quantitative estimate of drug-likeness (QED) is 0.289. The molecule has 1 saturated heterocycles. The van der Waals surface area contributed by atoms with Gasteiger partial charge in [-0.3, -0.25) is 0 Å². The van der Waals surface area contributed by atoms with Crippen molar-refractivity contribution in [3.8, 4) is 11.5 Å². The van der Waals surface area contributed by atoms with Crippen LogP contribution in [0.3, 0.4) is 0 Å². The Labute approximate surface area is 190 Å². The fourth-order valence-corrected chi connectivity index (χ4v) is 7.35. The molecule has 2 nitrogen and oxygen atoms in total. The Bertz CT molecular complexity index is 708. The number of hydrogen-bond donors (Lipinski definition) is 6. The van der Waals surface area contributed by atoms with Crippen LogP contribution in [-0.4, -0.2) is 16.0 Å². The molecule has 1 aliphatic rings. The van der Waals surface area contributed by atoms with E-state index in [0.717, 1.165) is 28.0 Å². The Morgan fingerprint density at radius 1 is 0.741 bits per heavy atom. The van der Waals surface area contributed by atoms with Gasteiger partial charge in [0.15, 0.2) is 0 Å². The van der Waals surface area contributed by atoms with Crippen LogP contribution in [0, 0.1) is 0 Å². The molecule has 1 heterocycles. The summed E-state index contributed by atoms with van der Waals surface area (Å²) < 4.78 is 0.292. The molecule has 3 rings (SSSR count). The standard InChI is InChI=1S/C19H22O2S6/c20-17-12(5-22)1-10(2-13(17)6-23)16-9-26-19(27-16)11-3-14(7-24)18(21)15(4-11)8-25/h1-4,16,19-25H,5-9H2. The minimum Gasteiger partial charge on any atom is -0.507 e. The van der Waals surface area contributed by atoms with Gasteiger partial charge in [-0.15, -0.1) is 23.5 Å². The molecule has 2 aromatic carbocycles. The van der Waals surface area contributed by atoms with Gasteiger partial charge in [-0.2, -0.15) is 50.5 Å². The summed E-state index contributed by atoms with van der Waals surface area (Å²) >= 11 is 21.2. The third-order valence-electron chi connectivity index (χ3n) is 4.59. The molecule has 0 amide bonds. The van der Waals surface area contributed by atoms with Crippen molar-refractivity contribution < 1.29 is 10.2 Å². The molecule has 0 spiro atoms. The molecule has 0 bridgehead atoms. The summed E-state index contributed by atoms with van der Waals surface area (Å²) in [6, 6.07) is 8.23. The zero-order valence-electron chi connectivity index (χ0n) is 14.5. The fraction of sp³-hybridized carbons (Fsp3) is 0.368. The molecule has 0 aromatic heterocycles. The first-order valence-electron chi connectivity index (χ1n) is 8.42. The maximum atomic E-state index is 10.3. The van der Waals surface area contributed by atoms with Crippen molar-refractivity contribution in [2.45, 2.75) is 32.8 Å². The van der Waals surface area contributed by atoms with Crippen molar-refractivity contribution in [3.63, 3.8) is 0 Å². The van der Waals surface area contributed by atoms with Gasteiger partial charge in [-0.1, -0.05) is 12.1 Å². The first-order valence-corrected chi connectivity index (χ1v) is 12.9. The molecule has 2 aromatic rings.